The van der Waals surface area contributed by atoms with Gasteiger partial charge in [0, 0.05) is 5.41 Å². The molecule has 0 aliphatic carbocycles. The standard InChI is InChI=1S/C24H32O2/c1-9-26-23-13-11-19(15-21(23)17(4)5)24(6,7)18-10-12-22(25-8)20(14-18)16(2)3/h9-17H,1H2,2-8H3. The molecule has 2 nitrogen and oxygen atoms in total. The number of hydrogen-bond donors (Lipinski definition) is 0. The summed E-state index contributed by atoms with van der Waals surface area (Å²) in [7, 11) is 1.74. The second-order valence-corrected chi connectivity index (χ2v) is 7.93. The van der Waals surface area contributed by atoms with Crippen molar-refractivity contribution in [2.24, 2.45) is 0 Å². The molecule has 2 heteroatoms. The van der Waals surface area contributed by atoms with Gasteiger partial charge in [-0.15, -0.1) is 0 Å². The first-order valence-corrected chi connectivity index (χ1v) is 9.32. The predicted octanol–water partition coefficient (Wildman–Crippen LogP) is 6.79. The second-order valence-electron chi connectivity index (χ2n) is 7.93. The van der Waals surface area contributed by atoms with Crippen molar-refractivity contribution in [1.29, 1.82) is 0 Å². The quantitative estimate of drug-likeness (QED) is 0.511. The highest BCUT2D eigenvalue weighted by Gasteiger charge is 2.26. The monoisotopic (exact) mass is 352 g/mol. The van der Waals surface area contributed by atoms with E-state index in [2.05, 4.69) is 84.5 Å². The molecule has 0 aliphatic heterocycles. The molecule has 0 atom stereocenters. The Balaban J connectivity index is 2.55. The molecular formula is C24H32O2. The number of ether oxygens (including phenoxy) is 2. The van der Waals surface area contributed by atoms with E-state index in [-0.39, 0.29) is 5.41 Å². The average molecular weight is 353 g/mol. The average Bonchev–Trinajstić information content (AvgIpc) is 2.61. The Morgan fingerprint density at radius 3 is 1.73 bits per heavy atom. The number of methoxy groups -OCH3 is 1. The third-order valence-electron chi connectivity index (χ3n) is 5.14. The normalized spacial score (nSPS) is 11.7. The van der Waals surface area contributed by atoms with E-state index in [4.69, 9.17) is 9.47 Å². The van der Waals surface area contributed by atoms with E-state index in [9.17, 15) is 0 Å². The smallest absolute Gasteiger partial charge is 0.129 e. The van der Waals surface area contributed by atoms with Crippen LogP contribution in [0.25, 0.3) is 0 Å². The summed E-state index contributed by atoms with van der Waals surface area (Å²) in [6.45, 7) is 17.0. The van der Waals surface area contributed by atoms with Crippen LogP contribution in [-0.4, -0.2) is 7.11 Å². The highest BCUT2D eigenvalue weighted by Crippen LogP contribution is 2.39. The third kappa shape index (κ3) is 3.95. The fourth-order valence-electron chi connectivity index (χ4n) is 3.33. The minimum Gasteiger partial charge on any atom is -0.496 e. The molecule has 2 rings (SSSR count). The lowest BCUT2D eigenvalue weighted by molar-refractivity contribution is 0.407. The van der Waals surface area contributed by atoms with Gasteiger partial charge in [0.15, 0.2) is 0 Å². The summed E-state index contributed by atoms with van der Waals surface area (Å²) in [4.78, 5) is 0. The molecule has 2 aromatic rings. The lowest BCUT2D eigenvalue weighted by atomic mass is 9.76. The molecule has 0 bridgehead atoms. The second kappa shape index (κ2) is 7.99. The van der Waals surface area contributed by atoms with Crippen LogP contribution in [0.4, 0.5) is 0 Å². The molecule has 0 heterocycles. The first kappa shape index (κ1) is 20.1. The van der Waals surface area contributed by atoms with Gasteiger partial charge in [-0.05, 0) is 46.2 Å². The Bertz CT molecular complexity index is 770. The van der Waals surface area contributed by atoms with Gasteiger partial charge in [-0.25, -0.2) is 0 Å². The Labute approximate surface area is 158 Å². The first-order valence-electron chi connectivity index (χ1n) is 9.32. The zero-order valence-corrected chi connectivity index (χ0v) is 17.2. The van der Waals surface area contributed by atoms with Crippen molar-refractivity contribution in [2.45, 2.75) is 58.8 Å². The molecule has 0 radical (unpaired) electrons. The van der Waals surface area contributed by atoms with Gasteiger partial charge in [-0.2, -0.15) is 0 Å². The van der Waals surface area contributed by atoms with Crippen LogP contribution in [0.2, 0.25) is 0 Å². The van der Waals surface area contributed by atoms with Crippen molar-refractivity contribution in [3.8, 4) is 11.5 Å². The summed E-state index contributed by atoms with van der Waals surface area (Å²) in [6.07, 6.45) is 1.49. The molecule has 0 aliphatic rings. The van der Waals surface area contributed by atoms with Gasteiger partial charge in [-0.1, -0.05) is 72.4 Å². The molecule has 0 amide bonds. The molecule has 0 spiro atoms. The van der Waals surface area contributed by atoms with E-state index >= 15 is 0 Å². The highest BCUT2D eigenvalue weighted by molar-refractivity contribution is 5.49. The molecule has 2 aromatic carbocycles. The van der Waals surface area contributed by atoms with Crippen LogP contribution in [-0.2, 0) is 5.41 Å². The van der Waals surface area contributed by atoms with Crippen molar-refractivity contribution in [1.82, 2.24) is 0 Å². The molecule has 26 heavy (non-hydrogen) atoms. The van der Waals surface area contributed by atoms with E-state index < -0.39 is 0 Å². The van der Waals surface area contributed by atoms with E-state index in [0.29, 0.717) is 11.8 Å². The topological polar surface area (TPSA) is 18.5 Å². The summed E-state index contributed by atoms with van der Waals surface area (Å²) in [5, 5.41) is 0. The summed E-state index contributed by atoms with van der Waals surface area (Å²) < 4.78 is 11.1. The number of hydrogen-bond acceptors (Lipinski definition) is 2. The maximum absolute atomic E-state index is 5.60. The van der Waals surface area contributed by atoms with Crippen molar-refractivity contribution < 1.29 is 9.47 Å². The van der Waals surface area contributed by atoms with E-state index in [1.54, 1.807) is 7.11 Å². The summed E-state index contributed by atoms with van der Waals surface area (Å²) in [6, 6.07) is 13.0. The molecule has 140 valence electrons. The van der Waals surface area contributed by atoms with E-state index in [1.165, 1.54) is 28.5 Å². The fourth-order valence-corrected chi connectivity index (χ4v) is 3.33. The zero-order chi connectivity index (χ0) is 19.5. The van der Waals surface area contributed by atoms with Crippen molar-refractivity contribution in [3.63, 3.8) is 0 Å². The van der Waals surface area contributed by atoms with Crippen LogP contribution in [0.15, 0.2) is 49.2 Å². The third-order valence-corrected chi connectivity index (χ3v) is 5.14. The summed E-state index contributed by atoms with van der Waals surface area (Å²) >= 11 is 0. The SMILES string of the molecule is C=COc1ccc(C(C)(C)c2ccc(OC)c(C(C)C)c2)cc1C(C)C. The number of rotatable bonds is 7. The van der Waals surface area contributed by atoms with Gasteiger partial charge < -0.3 is 9.47 Å². The Morgan fingerprint density at radius 2 is 1.31 bits per heavy atom. The van der Waals surface area contributed by atoms with Crippen molar-refractivity contribution in [3.05, 3.63) is 71.5 Å². The van der Waals surface area contributed by atoms with Crippen LogP contribution in [0, 0.1) is 0 Å². The Morgan fingerprint density at radius 1 is 0.846 bits per heavy atom. The molecular weight excluding hydrogens is 320 g/mol. The van der Waals surface area contributed by atoms with Gasteiger partial charge >= 0.3 is 0 Å². The van der Waals surface area contributed by atoms with Crippen LogP contribution in [0.3, 0.4) is 0 Å². The summed E-state index contributed by atoms with van der Waals surface area (Å²) in [5.74, 6) is 2.63. The zero-order valence-electron chi connectivity index (χ0n) is 17.2. The predicted molar refractivity (Wildman–Crippen MR) is 111 cm³/mol. The van der Waals surface area contributed by atoms with Crippen LogP contribution in [0.5, 0.6) is 11.5 Å². The molecule has 0 unspecified atom stereocenters. The van der Waals surface area contributed by atoms with Crippen LogP contribution < -0.4 is 9.47 Å². The Kier molecular flexibility index (Phi) is 6.17. The largest absolute Gasteiger partial charge is 0.496 e. The van der Waals surface area contributed by atoms with Gasteiger partial charge in [0.25, 0.3) is 0 Å². The maximum atomic E-state index is 5.60. The fraction of sp³-hybridized carbons (Fsp3) is 0.417. The molecule has 0 aromatic heterocycles. The minimum absolute atomic E-state index is 0.119. The first-order chi connectivity index (χ1) is 12.2. The van der Waals surface area contributed by atoms with Gasteiger partial charge in [0.05, 0.1) is 13.4 Å². The van der Waals surface area contributed by atoms with Crippen molar-refractivity contribution >= 4 is 0 Å². The Hall–Kier alpha value is -2.22. The van der Waals surface area contributed by atoms with Gasteiger partial charge in [-0.3, -0.25) is 0 Å². The van der Waals surface area contributed by atoms with Gasteiger partial charge in [0.1, 0.15) is 11.5 Å². The summed E-state index contributed by atoms with van der Waals surface area (Å²) in [5.41, 5.74) is 4.89. The lowest BCUT2D eigenvalue weighted by Crippen LogP contribution is -2.20. The van der Waals surface area contributed by atoms with Crippen LogP contribution >= 0.6 is 0 Å². The van der Waals surface area contributed by atoms with E-state index in [0.717, 1.165) is 11.5 Å². The van der Waals surface area contributed by atoms with Gasteiger partial charge in [0.2, 0.25) is 0 Å². The number of benzene rings is 2. The van der Waals surface area contributed by atoms with E-state index in [1.807, 2.05) is 0 Å². The van der Waals surface area contributed by atoms with Crippen LogP contribution in [0.1, 0.15) is 75.6 Å². The molecule has 0 saturated heterocycles. The lowest BCUT2D eigenvalue weighted by Gasteiger charge is -2.29. The molecule has 0 N–H and O–H groups in total. The minimum atomic E-state index is -0.119. The molecule has 0 saturated carbocycles. The maximum Gasteiger partial charge on any atom is 0.129 e. The van der Waals surface area contributed by atoms with Crippen molar-refractivity contribution in [2.75, 3.05) is 7.11 Å². The molecule has 0 fully saturated rings. The highest BCUT2D eigenvalue weighted by atomic mass is 16.5.